The van der Waals surface area contributed by atoms with Gasteiger partial charge < -0.3 is 5.53 Å². The van der Waals surface area contributed by atoms with Gasteiger partial charge >= 0.3 is 5.71 Å². The molecule has 6 heteroatoms. The second kappa shape index (κ2) is 3.58. The predicted octanol–water partition coefficient (Wildman–Crippen LogP) is 1.40. The number of thiazole rings is 1. The van der Waals surface area contributed by atoms with Crippen molar-refractivity contribution in [2.24, 2.45) is 0 Å². The summed E-state index contributed by atoms with van der Waals surface area (Å²) in [6.07, 6.45) is 0. The van der Waals surface area contributed by atoms with Crippen LogP contribution in [0.4, 0.5) is 0 Å². The predicted molar refractivity (Wildman–Crippen MR) is 45.5 cm³/mol. The zero-order valence-electron chi connectivity index (χ0n) is 6.11. The van der Waals surface area contributed by atoms with Crippen molar-refractivity contribution in [2.75, 3.05) is 0 Å². The molecular weight excluding hydrogens is 198 g/mol. The van der Waals surface area contributed by atoms with Gasteiger partial charge in [-0.15, -0.1) is 11.3 Å². The lowest BCUT2D eigenvalue weighted by atomic mass is 10.2. The maximum absolute atomic E-state index is 10.8. The van der Waals surface area contributed by atoms with Crippen LogP contribution >= 0.6 is 22.9 Å². The molecule has 0 aromatic carbocycles. The summed E-state index contributed by atoms with van der Waals surface area (Å²) < 4.78 is 0.312. The zero-order chi connectivity index (χ0) is 9.14. The molecule has 0 aliphatic rings. The normalized spacial score (nSPS) is 9.17. The molecule has 0 spiro atoms. The highest BCUT2D eigenvalue weighted by molar-refractivity contribution is 7.14. The fraction of sp³-hybridized carbons (Fsp3) is 0.167. The Kier molecular flexibility index (Phi) is 2.70. The minimum Gasteiger partial charge on any atom is -0.361 e. The van der Waals surface area contributed by atoms with Crippen molar-refractivity contribution in [1.29, 1.82) is 0 Å². The van der Waals surface area contributed by atoms with E-state index < -0.39 is 0 Å². The number of carbonyl (C=O) groups is 1. The maximum atomic E-state index is 10.8. The summed E-state index contributed by atoms with van der Waals surface area (Å²) in [5, 5.41) is 1.55. The summed E-state index contributed by atoms with van der Waals surface area (Å²) >= 11 is 6.70. The number of halogens is 1. The van der Waals surface area contributed by atoms with Crippen LogP contribution < -0.4 is 0 Å². The van der Waals surface area contributed by atoms with Gasteiger partial charge in [-0.25, -0.2) is 4.98 Å². The van der Waals surface area contributed by atoms with Gasteiger partial charge in [0.2, 0.25) is 5.78 Å². The van der Waals surface area contributed by atoms with Gasteiger partial charge in [-0.3, -0.25) is 4.79 Å². The molecule has 1 heterocycles. The second-order valence-electron chi connectivity index (χ2n) is 1.99. The van der Waals surface area contributed by atoms with Crippen molar-refractivity contribution in [3.05, 3.63) is 21.1 Å². The van der Waals surface area contributed by atoms with Gasteiger partial charge in [0, 0.05) is 12.3 Å². The highest BCUT2D eigenvalue weighted by atomic mass is 35.5. The van der Waals surface area contributed by atoms with Gasteiger partial charge in [0.1, 0.15) is 0 Å². The van der Waals surface area contributed by atoms with Gasteiger partial charge in [-0.05, 0) is 0 Å². The first-order valence-corrected chi connectivity index (χ1v) is 4.25. The van der Waals surface area contributed by atoms with Crippen molar-refractivity contribution >= 4 is 34.4 Å². The van der Waals surface area contributed by atoms with Crippen molar-refractivity contribution < 1.29 is 9.58 Å². The first-order valence-electron chi connectivity index (χ1n) is 2.99. The number of Topliss-reactive ketones (excluding diaryl/α,β-unsaturated/α-hetero) is 1. The van der Waals surface area contributed by atoms with Gasteiger partial charge in [0.15, 0.2) is 10.2 Å². The molecule has 0 radical (unpaired) electrons. The van der Waals surface area contributed by atoms with Crippen molar-refractivity contribution in [2.45, 2.75) is 6.92 Å². The smallest absolute Gasteiger partial charge is 0.361 e. The van der Waals surface area contributed by atoms with Crippen LogP contribution in [0.3, 0.4) is 0 Å². The number of ketones is 1. The van der Waals surface area contributed by atoms with E-state index in [0.29, 0.717) is 10.2 Å². The molecule has 0 amide bonds. The van der Waals surface area contributed by atoms with Gasteiger partial charge in [0.05, 0.1) is 0 Å². The van der Waals surface area contributed by atoms with E-state index in [1.165, 1.54) is 18.3 Å². The van der Waals surface area contributed by atoms with Crippen molar-refractivity contribution in [3.8, 4) is 0 Å². The third-order valence-corrected chi connectivity index (χ3v) is 2.13. The number of hydrogen-bond donors (Lipinski definition) is 0. The Morgan fingerprint density at radius 1 is 1.83 bits per heavy atom. The molecule has 0 bridgehead atoms. The van der Waals surface area contributed by atoms with E-state index in [1.807, 2.05) is 0 Å². The van der Waals surface area contributed by atoms with E-state index in [0.717, 1.165) is 0 Å². The summed E-state index contributed by atoms with van der Waals surface area (Å²) in [6, 6.07) is 0. The quantitative estimate of drug-likeness (QED) is 0.413. The number of carbonyl (C=O) groups excluding carboxylic acids is 1. The van der Waals surface area contributed by atoms with E-state index in [9.17, 15) is 4.79 Å². The van der Waals surface area contributed by atoms with E-state index in [4.69, 9.17) is 17.1 Å². The number of hydrogen-bond acceptors (Lipinski definition) is 3. The van der Waals surface area contributed by atoms with E-state index >= 15 is 0 Å². The van der Waals surface area contributed by atoms with Crippen LogP contribution in [-0.4, -0.2) is 21.3 Å². The average molecular weight is 202 g/mol. The molecular formula is C6H4ClN3OS. The molecule has 0 saturated heterocycles. The second-order valence-corrected chi connectivity index (χ2v) is 3.43. The van der Waals surface area contributed by atoms with Crippen LogP contribution in [0.5, 0.6) is 0 Å². The lowest BCUT2D eigenvalue weighted by Crippen LogP contribution is -2.12. The summed E-state index contributed by atoms with van der Waals surface area (Å²) in [6.45, 7) is 1.29. The van der Waals surface area contributed by atoms with Crippen LogP contribution in [-0.2, 0) is 4.79 Å². The van der Waals surface area contributed by atoms with Crippen molar-refractivity contribution in [1.82, 2.24) is 4.98 Å². The third kappa shape index (κ3) is 1.76. The molecule has 0 atom stereocenters. The molecule has 1 aromatic heterocycles. The Morgan fingerprint density at radius 2 is 2.50 bits per heavy atom. The molecule has 0 fully saturated rings. The topological polar surface area (TPSA) is 66.4 Å². The van der Waals surface area contributed by atoms with E-state index in [1.54, 1.807) is 5.38 Å². The number of aromatic nitrogens is 1. The lowest BCUT2D eigenvalue weighted by Gasteiger charge is -1.81. The summed E-state index contributed by atoms with van der Waals surface area (Å²) in [5.74, 6) is -0.348. The molecule has 0 aliphatic heterocycles. The molecule has 12 heavy (non-hydrogen) atoms. The van der Waals surface area contributed by atoms with E-state index in [-0.39, 0.29) is 11.5 Å². The SMILES string of the molecule is CC(=O)C(=[N+]=[N-])c1csc(Cl)n1. The largest absolute Gasteiger partial charge is 0.383 e. The minimum absolute atomic E-state index is 0.0712. The molecule has 0 N–H and O–H groups in total. The Morgan fingerprint density at radius 3 is 2.83 bits per heavy atom. The average Bonchev–Trinajstić information content (AvgIpc) is 2.37. The van der Waals surface area contributed by atoms with Crippen LogP contribution in [0.25, 0.3) is 5.53 Å². The van der Waals surface area contributed by atoms with Gasteiger partial charge in [-0.2, -0.15) is 4.79 Å². The molecule has 0 aliphatic carbocycles. The Balaban J connectivity index is 3.13. The summed E-state index contributed by atoms with van der Waals surface area (Å²) in [7, 11) is 0. The Bertz CT molecular complexity index is 367. The highest BCUT2D eigenvalue weighted by Crippen LogP contribution is 2.15. The maximum Gasteiger partial charge on any atom is 0.383 e. The third-order valence-electron chi connectivity index (χ3n) is 1.15. The van der Waals surface area contributed by atoms with Gasteiger partial charge in [0.25, 0.3) is 0 Å². The first-order chi connectivity index (χ1) is 5.65. The fourth-order valence-electron chi connectivity index (χ4n) is 0.663. The molecule has 0 saturated carbocycles. The molecule has 1 rings (SSSR count). The standard InChI is InChI=1S/C6H4ClN3OS/c1-3(11)5(10-8)4-2-12-6(7)9-4/h2H,1H3. The summed E-state index contributed by atoms with van der Waals surface area (Å²) in [4.78, 5) is 17.4. The Labute approximate surface area is 77.4 Å². The molecule has 62 valence electrons. The first kappa shape index (κ1) is 9.06. The monoisotopic (exact) mass is 201 g/mol. The number of nitrogens with zero attached hydrogens (tertiary/aromatic N) is 3. The van der Waals surface area contributed by atoms with Crippen molar-refractivity contribution in [3.63, 3.8) is 0 Å². The van der Waals surface area contributed by atoms with Crippen LogP contribution in [0.15, 0.2) is 5.38 Å². The number of rotatable bonds is 2. The fourth-order valence-corrected chi connectivity index (χ4v) is 1.41. The van der Waals surface area contributed by atoms with Crippen LogP contribution in [0.1, 0.15) is 12.6 Å². The van der Waals surface area contributed by atoms with E-state index in [2.05, 4.69) is 9.77 Å². The van der Waals surface area contributed by atoms with Crippen LogP contribution in [0.2, 0.25) is 4.47 Å². The summed E-state index contributed by atoms with van der Waals surface area (Å²) in [5.41, 5.74) is 8.68. The molecule has 1 aromatic rings. The molecule has 4 nitrogen and oxygen atoms in total. The lowest BCUT2D eigenvalue weighted by molar-refractivity contribution is -0.115. The van der Waals surface area contributed by atoms with Crippen LogP contribution in [0, 0.1) is 0 Å². The molecule has 0 unspecified atom stereocenters. The Hall–Kier alpha value is -1.03. The zero-order valence-corrected chi connectivity index (χ0v) is 7.69. The van der Waals surface area contributed by atoms with Gasteiger partial charge in [-0.1, -0.05) is 11.6 Å². The minimum atomic E-state index is -0.348. The highest BCUT2D eigenvalue weighted by Gasteiger charge is 2.20.